The Morgan fingerprint density at radius 3 is 2.37 bits per heavy atom. The van der Waals surface area contributed by atoms with Crippen LogP contribution in [-0.2, 0) is 19.1 Å². The highest BCUT2D eigenvalue weighted by Gasteiger charge is 2.43. The van der Waals surface area contributed by atoms with Crippen LogP contribution in [0.2, 0.25) is 0 Å². The third kappa shape index (κ3) is 10.5. The lowest BCUT2D eigenvalue weighted by atomic mass is 10.1. The van der Waals surface area contributed by atoms with Gasteiger partial charge in [0.05, 0.1) is 17.3 Å². The third-order valence-electron chi connectivity index (χ3n) is 5.69. The van der Waals surface area contributed by atoms with Crippen LogP contribution in [-0.4, -0.2) is 67.1 Å². The van der Waals surface area contributed by atoms with Crippen LogP contribution in [0.25, 0.3) is 10.2 Å². The number of aromatic nitrogens is 1. The highest BCUT2D eigenvalue weighted by atomic mass is 32.2. The molecule has 17 heteroatoms. The zero-order valence-corrected chi connectivity index (χ0v) is 23.9. The number of thiazole rings is 1. The zero-order chi connectivity index (χ0) is 31.6. The lowest BCUT2D eigenvalue weighted by Gasteiger charge is -2.21. The number of benzene rings is 2. The fourth-order valence-electron chi connectivity index (χ4n) is 3.69. The van der Waals surface area contributed by atoms with Crippen LogP contribution in [0.4, 0.5) is 26.3 Å². The smallest absolute Gasteiger partial charge is 0.449 e. The van der Waals surface area contributed by atoms with E-state index in [-0.39, 0.29) is 28.4 Å². The topological polar surface area (TPSA) is 133 Å². The van der Waals surface area contributed by atoms with E-state index in [4.69, 9.17) is 10.5 Å². The van der Waals surface area contributed by atoms with Gasteiger partial charge in [-0.2, -0.15) is 38.1 Å². The number of halogens is 6. The van der Waals surface area contributed by atoms with Crippen LogP contribution in [0.15, 0.2) is 47.3 Å². The number of ether oxygens (including phenoxy) is 3. The van der Waals surface area contributed by atoms with Gasteiger partial charge in [-0.1, -0.05) is 41.7 Å². The SMILES string of the molecule is N[C@@H](COCCCSCCNC[C@H](OC(=O)C(F)(F)F)c1ccc(OC(=O)C(F)(F)F)c2[nH]c(=O)sc12)c1ccccc1. The second-order valence-electron chi connectivity index (χ2n) is 8.91. The molecule has 0 saturated heterocycles. The molecule has 0 aliphatic rings. The van der Waals surface area contributed by atoms with Crippen molar-refractivity contribution in [2.24, 2.45) is 5.73 Å². The molecule has 1 heterocycles. The molecule has 43 heavy (non-hydrogen) atoms. The maximum atomic E-state index is 13.0. The third-order valence-corrected chi connectivity index (χ3v) is 7.69. The molecule has 0 unspecified atom stereocenters. The summed E-state index contributed by atoms with van der Waals surface area (Å²) in [5.41, 5.74) is 6.58. The normalized spacial score (nSPS) is 13.6. The largest absolute Gasteiger partial charge is 0.491 e. The van der Waals surface area contributed by atoms with Gasteiger partial charge < -0.3 is 30.2 Å². The Bertz CT molecular complexity index is 1410. The van der Waals surface area contributed by atoms with E-state index in [0.717, 1.165) is 29.9 Å². The standard InChI is InChI=1S/C26H27F6N3O6S2/c27-25(28,29)22(36)40-18-8-7-16(21-20(18)35-24(38)43-21)19(41-23(37)26(30,31)32)13-34-9-12-42-11-4-10-39-14-17(33)15-5-2-1-3-6-15/h1-3,5-8,17,19,34H,4,9-14,33H2,(H,35,38)/t17-,19-/m0/s1. The summed E-state index contributed by atoms with van der Waals surface area (Å²) in [7, 11) is 0. The van der Waals surface area contributed by atoms with Crippen LogP contribution >= 0.6 is 23.1 Å². The number of esters is 2. The number of nitrogens with one attached hydrogen (secondary N) is 2. The van der Waals surface area contributed by atoms with Crippen LogP contribution in [0, 0.1) is 0 Å². The van der Waals surface area contributed by atoms with Crippen molar-refractivity contribution in [3.8, 4) is 5.75 Å². The zero-order valence-electron chi connectivity index (χ0n) is 22.3. The van der Waals surface area contributed by atoms with Crippen molar-refractivity contribution >= 4 is 45.3 Å². The predicted octanol–water partition coefficient (Wildman–Crippen LogP) is 4.63. The van der Waals surface area contributed by atoms with E-state index >= 15 is 0 Å². The van der Waals surface area contributed by atoms with Crippen LogP contribution < -0.4 is 20.7 Å². The summed E-state index contributed by atoms with van der Waals surface area (Å²) in [6.07, 6.45) is -11.5. The molecule has 0 radical (unpaired) electrons. The first-order valence-corrected chi connectivity index (χ1v) is 14.6. The quantitative estimate of drug-likeness (QED) is 0.0928. The maximum Gasteiger partial charge on any atom is 0.491 e. The molecular formula is C26H27F6N3O6S2. The number of thioether (sulfide) groups is 1. The number of carbonyl (C=O) groups excluding carboxylic acids is 2. The van der Waals surface area contributed by atoms with E-state index in [2.05, 4.69) is 19.8 Å². The summed E-state index contributed by atoms with van der Waals surface area (Å²) in [5.74, 6) is -4.46. The average molecular weight is 656 g/mol. The minimum absolute atomic E-state index is 0.103. The Morgan fingerprint density at radius 2 is 1.70 bits per heavy atom. The van der Waals surface area contributed by atoms with Crippen molar-refractivity contribution in [1.82, 2.24) is 10.3 Å². The van der Waals surface area contributed by atoms with Crippen molar-refractivity contribution in [2.75, 3.05) is 37.8 Å². The number of rotatable bonds is 15. The number of hydrogen-bond acceptors (Lipinski definition) is 10. The number of alkyl halides is 6. The maximum absolute atomic E-state index is 13.0. The summed E-state index contributed by atoms with van der Waals surface area (Å²) in [6, 6.07) is 11.2. The highest BCUT2D eigenvalue weighted by molar-refractivity contribution is 7.99. The van der Waals surface area contributed by atoms with E-state index in [9.17, 15) is 40.7 Å². The molecule has 0 saturated carbocycles. The van der Waals surface area contributed by atoms with Gasteiger partial charge in [-0.3, -0.25) is 4.79 Å². The fourth-order valence-corrected chi connectivity index (χ4v) is 5.41. The molecule has 4 N–H and O–H groups in total. The van der Waals surface area contributed by atoms with Crippen molar-refractivity contribution in [3.63, 3.8) is 0 Å². The summed E-state index contributed by atoms with van der Waals surface area (Å²) in [6.45, 7) is 0.841. The molecular weight excluding hydrogens is 628 g/mol. The molecule has 0 bridgehead atoms. The summed E-state index contributed by atoms with van der Waals surface area (Å²) in [5, 5.41) is 2.88. The van der Waals surface area contributed by atoms with E-state index < -0.39 is 41.0 Å². The molecule has 0 spiro atoms. The predicted molar refractivity (Wildman–Crippen MR) is 148 cm³/mol. The Balaban J connectivity index is 1.55. The number of nitrogens with two attached hydrogens (primary N) is 1. The Hall–Kier alpha value is -3.12. The molecule has 3 aromatic rings. The van der Waals surface area contributed by atoms with Gasteiger partial charge in [0.2, 0.25) is 0 Å². The molecule has 0 fully saturated rings. The van der Waals surface area contributed by atoms with Gasteiger partial charge in [0.25, 0.3) is 0 Å². The van der Waals surface area contributed by atoms with E-state index in [1.807, 2.05) is 30.3 Å². The molecule has 0 aliphatic heterocycles. The first kappa shape index (κ1) is 34.4. The van der Waals surface area contributed by atoms with Gasteiger partial charge >= 0.3 is 29.2 Å². The van der Waals surface area contributed by atoms with Crippen LogP contribution in [0.5, 0.6) is 5.75 Å². The Kier molecular flexibility index (Phi) is 12.4. The molecule has 2 atom stereocenters. The number of fused-ring (bicyclic) bond motifs is 1. The van der Waals surface area contributed by atoms with Crippen molar-refractivity contribution in [1.29, 1.82) is 0 Å². The number of hydrogen-bond donors (Lipinski definition) is 3. The van der Waals surface area contributed by atoms with Crippen molar-refractivity contribution in [3.05, 3.63) is 63.3 Å². The van der Waals surface area contributed by atoms with E-state index in [0.29, 0.717) is 36.8 Å². The van der Waals surface area contributed by atoms with Crippen molar-refractivity contribution < 1.29 is 50.1 Å². The molecule has 3 rings (SSSR count). The van der Waals surface area contributed by atoms with Gasteiger partial charge in [0.1, 0.15) is 11.6 Å². The molecule has 0 aliphatic carbocycles. The lowest BCUT2D eigenvalue weighted by molar-refractivity contribution is -0.205. The lowest BCUT2D eigenvalue weighted by Crippen LogP contribution is -2.32. The van der Waals surface area contributed by atoms with Crippen LogP contribution in [0.3, 0.4) is 0 Å². The van der Waals surface area contributed by atoms with Gasteiger partial charge in [0, 0.05) is 31.0 Å². The summed E-state index contributed by atoms with van der Waals surface area (Å²) < 4.78 is 91.4. The van der Waals surface area contributed by atoms with Gasteiger partial charge in [-0.25, -0.2) is 9.59 Å². The number of aromatic amines is 1. The van der Waals surface area contributed by atoms with Crippen molar-refractivity contribution in [2.45, 2.75) is 30.9 Å². The van der Waals surface area contributed by atoms with Crippen LogP contribution in [0.1, 0.15) is 29.7 Å². The second-order valence-corrected chi connectivity index (χ2v) is 11.1. The molecule has 236 valence electrons. The van der Waals surface area contributed by atoms with Gasteiger partial charge in [-0.05, 0) is 29.9 Å². The molecule has 9 nitrogen and oxygen atoms in total. The highest BCUT2D eigenvalue weighted by Crippen LogP contribution is 2.35. The minimum atomic E-state index is -5.34. The van der Waals surface area contributed by atoms with Gasteiger partial charge in [-0.15, -0.1) is 0 Å². The summed E-state index contributed by atoms with van der Waals surface area (Å²) >= 11 is 1.98. The Labute approximate surface area is 249 Å². The first-order valence-electron chi connectivity index (χ1n) is 12.7. The molecule has 1 aromatic heterocycles. The number of carbonyl (C=O) groups is 2. The van der Waals surface area contributed by atoms with E-state index in [1.54, 1.807) is 11.8 Å². The Morgan fingerprint density at radius 1 is 1.00 bits per heavy atom. The fraction of sp³-hybridized carbons (Fsp3) is 0.423. The second kappa shape index (κ2) is 15.6. The minimum Gasteiger partial charge on any atom is -0.449 e. The number of H-pyrrole nitrogens is 1. The average Bonchev–Trinajstić information content (AvgIpc) is 3.34. The summed E-state index contributed by atoms with van der Waals surface area (Å²) in [4.78, 5) is 36.3. The van der Waals surface area contributed by atoms with E-state index in [1.165, 1.54) is 0 Å². The monoisotopic (exact) mass is 655 g/mol. The molecule has 0 amide bonds. The first-order chi connectivity index (χ1) is 20.3. The molecule has 2 aromatic carbocycles. The van der Waals surface area contributed by atoms with Gasteiger partial charge in [0.15, 0.2) is 5.75 Å².